The van der Waals surface area contributed by atoms with E-state index in [1.165, 1.54) is 11.3 Å². The van der Waals surface area contributed by atoms with Crippen molar-refractivity contribution in [3.05, 3.63) is 34.3 Å². The highest BCUT2D eigenvalue weighted by Crippen LogP contribution is 2.16. The summed E-state index contributed by atoms with van der Waals surface area (Å²) in [7, 11) is 0. The van der Waals surface area contributed by atoms with Crippen molar-refractivity contribution in [2.45, 2.75) is 13.5 Å². The van der Waals surface area contributed by atoms with E-state index in [1.54, 1.807) is 0 Å². The van der Waals surface area contributed by atoms with Gasteiger partial charge in [0.15, 0.2) is 5.17 Å². The minimum Gasteiger partial charge on any atom is -0.361 e. The third-order valence-electron chi connectivity index (χ3n) is 2.38. The number of nitrogens with one attached hydrogen (secondary N) is 1. The zero-order valence-electron chi connectivity index (χ0n) is 9.24. The summed E-state index contributed by atoms with van der Waals surface area (Å²) < 4.78 is 1.12. The van der Waals surface area contributed by atoms with Gasteiger partial charge < -0.3 is 5.32 Å². The fraction of sp³-hybridized carbons (Fsp3) is 0.417. The average Bonchev–Trinajstić information content (AvgIpc) is 2.28. The molecule has 1 heterocycles. The quantitative estimate of drug-likeness (QED) is 0.906. The molecule has 1 aliphatic rings. The second-order valence-electron chi connectivity index (χ2n) is 4.05. The van der Waals surface area contributed by atoms with Gasteiger partial charge in [-0.3, -0.25) is 4.99 Å². The van der Waals surface area contributed by atoms with Gasteiger partial charge in [-0.15, -0.1) is 0 Å². The molecule has 0 bridgehead atoms. The lowest BCUT2D eigenvalue weighted by atomic mass is 10.2. The molecule has 2 rings (SSSR count). The molecule has 0 saturated heterocycles. The molecule has 0 saturated carbocycles. The minimum absolute atomic E-state index is 0.710. The summed E-state index contributed by atoms with van der Waals surface area (Å²) in [6, 6.07) is 8.34. The molecule has 0 aliphatic carbocycles. The van der Waals surface area contributed by atoms with Crippen LogP contribution in [-0.4, -0.2) is 17.5 Å². The van der Waals surface area contributed by atoms with Crippen LogP contribution in [0.15, 0.2) is 33.7 Å². The van der Waals surface area contributed by atoms with Crippen LogP contribution in [0.3, 0.4) is 0 Å². The molecule has 86 valence electrons. The van der Waals surface area contributed by atoms with Crippen molar-refractivity contribution in [2.75, 3.05) is 12.3 Å². The minimum atomic E-state index is 0.710. The van der Waals surface area contributed by atoms with Crippen LogP contribution in [0.5, 0.6) is 0 Å². The van der Waals surface area contributed by atoms with E-state index in [0.29, 0.717) is 5.92 Å². The highest BCUT2D eigenvalue weighted by atomic mass is 79.9. The number of benzene rings is 1. The first-order chi connectivity index (χ1) is 7.74. The SMILES string of the molecule is CC1CN=C(NCc2cccc(Br)c2)SC1. The van der Waals surface area contributed by atoms with E-state index in [1.807, 2.05) is 17.8 Å². The standard InChI is InChI=1S/C12H15BrN2S/c1-9-6-14-12(16-8-9)15-7-10-3-2-4-11(13)5-10/h2-5,9H,6-8H2,1H3,(H,14,15). The number of hydrogen-bond donors (Lipinski definition) is 1. The Balaban J connectivity index is 1.88. The summed E-state index contributed by atoms with van der Waals surface area (Å²) >= 11 is 5.29. The van der Waals surface area contributed by atoms with Crippen molar-refractivity contribution in [1.82, 2.24) is 5.32 Å². The van der Waals surface area contributed by atoms with Crippen molar-refractivity contribution in [3.63, 3.8) is 0 Å². The van der Waals surface area contributed by atoms with Crippen LogP contribution < -0.4 is 5.32 Å². The summed E-state index contributed by atoms with van der Waals surface area (Å²) in [5.74, 6) is 1.88. The smallest absolute Gasteiger partial charge is 0.156 e. The maximum absolute atomic E-state index is 4.50. The Bertz CT molecular complexity index is 392. The molecule has 1 aromatic carbocycles. The van der Waals surface area contributed by atoms with Crippen LogP contribution in [0.2, 0.25) is 0 Å². The Morgan fingerprint density at radius 1 is 1.56 bits per heavy atom. The fourth-order valence-electron chi connectivity index (χ4n) is 1.49. The van der Waals surface area contributed by atoms with Crippen molar-refractivity contribution in [3.8, 4) is 0 Å². The first-order valence-corrected chi connectivity index (χ1v) is 7.17. The second kappa shape index (κ2) is 5.73. The van der Waals surface area contributed by atoms with E-state index in [0.717, 1.165) is 22.7 Å². The summed E-state index contributed by atoms with van der Waals surface area (Å²) in [6.45, 7) is 4.04. The molecule has 1 aromatic rings. The molecule has 0 aromatic heterocycles. The van der Waals surface area contributed by atoms with E-state index >= 15 is 0 Å². The van der Waals surface area contributed by atoms with E-state index < -0.39 is 0 Å². The molecule has 4 heteroatoms. The average molecular weight is 299 g/mol. The Labute approximate surface area is 109 Å². The maximum Gasteiger partial charge on any atom is 0.156 e. The molecular weight excluding hydrogens is 284 g/mol. The van der Waals surface area contributed by atoms with Gasteiger partial charge in [0, 0.05) is 23.3 Å². The van der Waals surface area contributed by atoms with Crippen LogP contribution in [0.25, 0.3) is 0 Å². The normalized spacial score (nSPS) is 20.4. The van der Waals surface area contributed by atoms with Crippen molar-refractivity contribution in [2.24, 2.45) is 10.9 Å². The Morgan fingerprint density at radius 2 is 2.44 bits per heavy atom. The molecule has 1 N–H and O–H groups in total. The molecule has 2 nitrogen and oxygen atoms in total. The van der Waals surface area contributed by atoms with Gasteiger partial charge in [-0.2, -0.15) is 0 Å². The van der Waals surface area contributed by atoms with Crippen molar-refractivity contribution in [1.29, 1.82) is 0 Å². The van der Waals surface area contributed by atoms with E-state index in [-0.39, 0.29) is 0 Å². The third kappa shape index (κ3) is 3.52. The first kappa shape index (κ1) is 12.0. The third-order valence-corrected chi connectivity index (χ3v) is 4.16. The van der Waals surface area contributed by atoms with Crippen molar-refractivity contribution >= 4 is 32.9 Å². The number of thioether (sulfide) groups is 1. The summed E-state index contributed by atoms with van der Waals surface area (Å²) in [6.07, 6.45) is 0. The van der Waals surface area contributed by atoms with Crippen LogP contribution >= 0.6 is 27.7 Å². The zero-order chi connectivity index (χ0) is 11.4. The maximum atomic E-state index is 4.50. The number of hydrogen-bond acceptors (Lipinski definition) is 3. The summed E-state index contributed by atoms with van der Waals surface area (Å²) in [5.41, 5.74) is 1.27. The molecule has 1 unspecified atom stereocenters. The summed E-state index contributed by atoms with van der Waals surface area (Å²) in [5, 5.41) is 4.46. The van der Waals surface area contributed by atoms with Gasteiger partial charge >= 0.3 is 0 Å². The molecule has 0 amide bonds. The molecule has 0 spiro atoms. The highest BCUT2D eigenvalue weighted by Gasteiger charge is 2.11. The summed E-state index contributed by atoms with van der Waals surface area (Å²) in [4.78, 5) is 4.50. The largest absolute Gasteiger partial charge is 0.361 e. The Hall–Kier alpha value is -0.480. The Morgan fingerprint density at radius 3 is 3.12 bits per heavy atom. The van der Waals surface area contributed by atoms with Crippen LogP contribution in [-0.2, 0) is 6.54 Å². The number of aliphatic imine (C=N–C) groups is 1. The first-order valence-electron chi connectivity index (χ1n) is 5.39. The fourth-order valence-corrected chi connectivity index (χ4v) is 2.82. The van der Waals surface area contributed by atoms with Gasteiger partial charge in [0.2, 0.25) is 0 Å². The molecule has 0 radical (unpaired) electrons. The lowest BCUT2D eigenvalue weighted by Crippen LogP contribution is -2.25. The molecule has 0 fully saturated rings. The molecular formula is C12H15BrN2S. The number of nitrogens with zero attached hydrogens (tertiary/aromatic N) is 1. The predicted octanol–water partition coefficient (Wildman–Crippen LogP) is 3.28. The monoisotopic (exact) mass is 298 g/mol. The zero-order valence-corrected chi connectivity index (χ0v) is 11.6. The van der Waals surface area contributed by atoms with E-state index in [2.05, 4.69) is 51.4 Å². The second-order valence-corrected chi connectivity index (χ2v) is 5.97. The van der Waals surface area contributed by atoms with Gasteiger partial charge in [-0.25, -0.2) is 0 Å². The Kier molecular flexibility index (Phi) is 4.29. The van der Waals surface area contributed by atoms with Crippen LogP contribution in [0.4, 0.5) is 0 Å². The van der Waals surface area contributed by atoms with E-state index in [9.17, 15) is 0 Å². The van der Waals surface area contributed by atoms with Crippen LogP contribution in [0.1, 0.15) is 12.5 Å². The number of rotatable bonds is 2. The van der Waals surface area contributed by atoms with E-state index in [4.69, 9.17) is 0 Å². The van der Waals surface area contributed by atoms with Gasteiger partial charge in [0.25, 0.3) is 0 Å². The number of amidine groups is 1. The lowest BCUT2D eigenvalue weighted by molar-refractivity contribution is 0.669. The molecule has 1 aliphatic heterocycles. The topological polar surface area (TPSA) is 24.4 Å². The molecule has 1 atom stereocenters. The highest BCUT2D eigenvalue weighted by molar-refractivity contribution is 9.10. The van der Waals surface area contributed by atoms with Gasteiger partial charge in [0.05, 0.1) is 0 Å². The van der Waals surface area contributed by atoms with Crippen molar-refractivity contribution < 1.29 is 0 Å². The predicted molar refractivity (Wildman–Crippen MR) is 74.9 cm³/mol. The lowest BCUT2D eigenvalue weighted by Gasteiger charge is -2.17. The number of halogens is 1. The van der Waals surface area contributed by atoms with Gasteiger partial charge in [-0.05, 0) is 23.6 Å². The molecule has 16 heavy (non-hydrogen) atoms. The van der Waals surface area contributed by atoms with Gasteiger partial charge in [0.1, 0.15) is 0 Å². The van der Waals surface area contributed by atoms with Crippen LogP contribution in [0, 0.1) is 5.92 Å². The van der Waals surface area contributed by atoms with Gasteiger partial charge in [-0.1, -0.05) is 46.7 Å².